The van der Waals surface area contributed by atoms with Gasteiger partial charge in [0, 0.05) is 12.6 Å². The quantitative estimate of drug-likeness (QED) is 0.797. The highest BCUT2D eigenvalue weighted by Gasteiger charge is 2.23. The molecule has 0 bridgehead atoms. The van der Waals surface area contributed by atoms with Gasteiger partial charge < -0.3 is 5.11 Å². The van der Waals surface area contributed by atoms with Crippen molar-refractivity contribution in [2.45, 2.75) is 25.4 Å². The average molecular weight is 197 g/mol. The van der Waals surface area contributed by atoms with Crippen molar-refractivity contribution in [3.8, 4) is 0 Å². The van der Waals surface area contributed by atoms with Crippen molar-refractivity contribution in [3.63, 3.8) is 0 Å². The second kappa shape index (κ2) is 4.22. The maximum atomic E-state index is 9.13. The molecular weight excluding hydrogens is 182 g/mol. The molecule has 0 unspecified atom stereocenters. The molecule has 0 saturated carbocycles. The Morgan fingerprint density at radius 3 is 3.23 bits per heavy atom. The Kier molecular flexibility index (Phi) is 2.98. The first kappa shape index (κ1) is 9.19. The summed E-state index contributed by atoms with van der Waals surface area (Å²) in [6.07, 6.45) is 2.38. The maximum Gasteiger partial charge on any atom is 0.0587 e. The number of aliphatic hydroxyl groups excluding tert-OH is 1. The molecule has 1 aromatic rings. The van der Waals surface area contributed by atoms with Gasteiger partial charge in [0.25, 0.3) is 0 Å². The van der Waals surface area contributed by atoms with Gasteiger partial charge in [0.05, 0.1) is 6.61 Å². The van der Waals surface area contributed by atoms with E-state index >= 15 is 0 Å². The van der Waals surface area contributed by atoms with E-state index in [4.69, 9.17) is 5.11 Å². The van der Waals surface area contributed by atoms with Crippen molar-refractivity contribution in [1.82, 2.24) is 4.90 Å². The third-order valence-corrected chi connectivity index (χ3v) is 3.41. The van der Waals surface area contributed by atoms with Gasteiger partial charge in [-0.25, -0.2) is 0 Å². The predicted octanol–water partition coefficient (Wildman–Crippen LogP) is 1.70. The van der Waals surface area contributed by atoms with Crippen LogP contribution in [-0.2, 0) is 6.54 Å². The second-order valence-electron chi connectivity index (χ2n) is 3.58. The standard InChI is InChI=1S/C10H15NOS/c12-7-10-2-1-4-11(10)6-9-3-5-13-8-9/h3,5,8,10,12H,1-2,4,6-7H2/t10-/m0/s1. The van der Waals surface area contributed by atoms with Crippen LogP contribution < -0.4 is 0 Å². The van der Waals surface area contributed by atoms with E-state index in [1.807, 2.05) is 0 Å². The molecule has 2 rings (SSSR count). The van der Waals surface area contributed by atoms with E-state index < -0.39 is 0 Å². The van der Waals surface area contributed by atoms with Crippen LogP contribution in [0.3, 0.4) is 0 Å². The van der Waals surface area contributed by atoms with Crippen molar-refractivity contribution in [3.05, 3.63) is 22.4 Å². The number of nitrogens with zero attached hydrogens (tertiary/aromatic N) is 1. The molecule has 13 heavy (non-hydrogen) atoms. The zero-order valence-corrected chi connectivity index (χ0v) is 8.46. The Bertz CT molecular complexity index is 247. The highest BCUT2D eigenvalue weighted by Crippen LogP contribution is 2.20. The van der Waals surface area contributed by atoms with E-state index in [-0.39, 0.29) is 0 Å². The van der Waals surface area contributed by atoms with Gasteiger partial charge in [-0.2, -0.15) is 11.3 Å². The molecule has 1 saturated heterocycles. The summed E-state index contributed by atoms with van der Waals surface area (Å²) in [5.74, 6) is 0. The molecule has 1 N–H and O–H groups in total. The summed E-state index contributed by atoms with van der Waals surface area (Å²) < 4.78 is 0. The molecule has 0 spiro atoms. The van der Waals surface area contributed by atoms with Crippen molar-refractivity contribution in [1.29, 1.82) is 0 Å². The normalized spacial score (nSPS) is 23.9. The van der Waals surface area contributed by atoms with Crippen LogP contribution in [0.1, 0.15) is 18.4 Å². The first-order valence-corrected chi connectivity index (χ1v) is 5.70. The van der Waals surface area contributed by atoms with Gasteiger partial charge in [-0.3, -0.25) is 4.90 Å². The molecule has 1 fully saturated rings. The van der Waals surface area contributed by atoms with E-state index in [1.165, 1.54) is 12.0 Å². The summed E-state index contributed by atoms with van der Waals surface area (Å²) in [5, 5.41) is 13.4. The average Bonchev–Trinajstić information content (AvgIpc) is 2.76. The molecule has 0 aliphatic carbocycles. The fourth-order valence-corrected chi connectivity index (χ4v) is 2.59. The van der Waals surface area contributed by atoms with Crippen molar-refractivity contribution in [2.75, 3.05) is 13.2 Å². The molecule has 0 amide bonds. The SMILES string of the molecule is OC[C@@H]1CCCN1Cc1ccsc1. The monoisotopic (exact) mass is 197 g/mol. The largest absolute Gasteiger partial charge is 0.395 e. The number of aliphatic hydroxyl groups is 1. The summed E-state index contributed by atoms with van der Waals surface area (Å²) >= 11 is 1.74. The summed E-state index contributed by atoms with van der Waals surface area (Å²) in [7, 11) is 0. The molecule has 1 aromatic heterocycles. The number of hydrogen-bond acceptors (Lipinski definition) is 3. The number of hydrogen-bond donors (Lipinski definition) is 1. The number of thiophene rings is 1. The van der Waals surface area contributed by atoms with E-state index in [9.17, 15) is 0 Å². The Morgan fingerprint density at radius 1 is 1.62 bits per heavy atom. The van der Waals surface area contributed by atoms with Gasteiger partial charge >= 0.3 is 0 Å². The lowest BCUT2D eigenvalue weighted by Crippen LogP contribution is -2.31. The summed E-state index contributed by atoms with van der Waals surface area (Å²) in [5.41, 5.74) is 1.38. The molecule has 3 heteroatoms. The minimum absolute atomic E-state index is 0.310. The van der Waals surface area contributed by atoms with Crippen LogP contribution in [0.4, 0.5) is 0 Å². The lowest BCUT2D eigenvalue weighted by Gasteiger charge is -2.21. The highest BCUT2D eigenvalue weighted by molar-refractivity contribution is 7.07. The van der Waals surface area contributed by atoms with Crippen molar-refractivity contribution < 1.29 is 5.11 Å². The van der Waals surface area contributed by atoms with Gasteiger partial charge in [-0.05, 0) is 41.8 Å². The summed E-state index contributed by atoms with van der Waals surface area (Å²) in [6.45, 7) is 2.46. The molecule has 0 aromatic carbocycles. The predicted molar refractivity (Wildman–Crippen MR) is 54.8 cm³/mol. The minimum Gasteiger partial charge on any atom is -0.395 e. The number of rotatable bonds is 3. The van der Waals surface area contributed by atoms with Crippen molar-refractivity contribution in [2.24, 2.45) is 0 Å². The van der Waals surface area contributed by atoms with Gasteiger partial charge in [0.2, 0.25) is 0 Å². The Morgan fingerprint density at radius 2 is 2.54 bits per heavy atom. The Labute approximate surface area is 82.8 Å². The van der Waals surface area contributed by atoms with E-state index in [0.717, 1.165) is 19.5 Å². The summed E-state index contributed by atoms with van der Waals surface area (Å²) in [6, 6.07) is 2.57. The zero-order chi connectivity index (χ0) is 9.10. The topological polar surface area (TPSA) is 23.5 Å². The van der Waals surface area contributed by atoms with Crippen LogP contribution in [0.25, 0.3) is 0 Å². The van der Waals surface area contributed by atoms with Gasteiger partial charge in [-0.1, -0.05) is 0 Å². The molecule has 1 aliphatic heterocycles. The second-order valence-corrected chi connectivity index (χ2v) is 4.36. The molecule has 1 atom stereocenters. The molecule has 72 valence electrons. The fraction of sp³-hybridized carbons (Fsp3) is 0.600. The summed E-state index contributed by atoms with van der Waals surface area (Å²) in [4.78, 5) is 2.38. The van der Waals surface area contributed by atoms with Crippen LogP contribution in [0.2, 0.25) is 0 Å². The lowest BCUT2D eigenvalue weighted by molar-refractivity contribution is 0.154. The first-order valence-electron chi connectivity index (χ1n) is 4.76. The minimum atomic E-state index is 0.310. The van der Waals surface area contributed by atoms with E-state index in [0.29, 0.717) is 12.6 Å². The number of likely N-dealkylation sites (tertiary alicyclic amines) is 1. The van der Waals surface area contributed by atoms with Crippen LogP contribution in [0.5, 0.6) is 0 Å². The third kappa shape index (κ3) is 2.10. The van der Waals surface area contributed by atoms with E-state index in [1.54, 1.807) is 11.3 Å². The van der Waals surface area contributed by atoms with Gasteiger partial charge in [0.15, 0.2) is 0 Å². The molecule has 2 nitrogen and oxygen atoms in total. The maximum absolute atomic E-state index is 9.13. The molecule has 1 aliphatic rings. The van der Waals surface area contributed by atoms with Crippen LogP contribution in [0.15, 0.2) is 16.8 Å². The fourth-order valence-electron chi connectivity index (χ4n) is 1.93. The van der Waals surface area contributed by atoms with Crippen LogP contribution in [0, 0.1) is 0 Å². The zero-order valence-electron chi connectivity index (χ0n) is 7.65. The lowest BCUT2D eigenvalue weighted by atomic mass is 10.2. The van der Waals surface area contributed by atoms with E-state index in [2.05, 4.69) is 21.7 Å². The van der Waals surface area contributed by atoms with Gasteiger partial charge in [-0.15, -0.1) is 0 Å². The smallest absolute Gasteiger partial charge is 0.0587 e. The highest BCUT2D eigenvalue weighted by atomic mass is 32.1. The molecular formula is C10H15NOS. The third-order valence-electron chi connectivity index (χ3n) is 2.68. The molecule has 0 radical (unpaired) electrons. The Hall–Kier alpha value is -0.380. The van der Waals surface area contributed by atoms with Crippen LogP contribution >= 0.6 is 11.3 Å². The van der Waals surface area contributed by atoms with Crippen LogP contribution in [-0.4, -0.2) is 29.2 Å². The van der Waals surface area contributed by atoms with Gasteiger partial charge in [0.1, 0.15) is 0 Å². The molecule has 2 heterocycles. The first-order chi connectivity index (χ1) is 6.40. The Balaban J connectivity index is 1.94. The van der Waals surface area contributed by atoms with Crippen molar-refractivity contribution >= 4 is 11.3 Å².